The molecule has 1 spiro atoms. The van der Waals surface area contributed by atoms with Gasteiger partial charge in [-0.15, -0.1) is 0 Å². The monoisotopic (exact) mass is 522 g/mol. The summed E-state index contributed by atoms with van der Waals surface area (Å²) >= 11 is 0. The highest BCUT2D eigenvalue weighted by Gasteiger charge is 2.70. The van der Waals surface area contributed by atoms with E-state index in [-0.39, 0.29) is 28.7 Å². The molecular formula is C27H21F3N4O4. The molecule has 3 aliphatic heterocycles. The highest BCUT2D eigenvalue weighted by Crippen LogP contribution is 2.62. The van der Waals surface area contributed by atoms with Gasteiger partial charge in [-0.25, -0.2) is 0 Å². The largest absolute Gasteiger partial charge is 0.418 e. The maximum Gasteiger partial charge on any atom is 0.418 e. The number of pyridine rings is 1. The summed E-state index contributed by atoms with van der Waals surface area (Å²) in [5.41, 5.74) is -2.32. The van der Waals surface area contributed by atoms with Crippen LogP contribution in [0.2, 0.25) is 0 Å². The number of non-ortho nitro benzene ring substituents is 1. The van der Waals surface area contributed by atoms with Crippen molar-refractivity contribution in [1.82, 2.24) is 9.88 Å². The van der Waals surface area contributed by atoms with Crippen molar-refractivity contribution in [3.63, 3.8) is 0 Å². The minimum Gasteiger partial charge on any atom is -0.323 e. The molecule has 4 heterocycles. The van der Waals surface area contributed by atoms with E-state index in [1.807, 2.05) is 4.90 Å². The summed E-state index contributed by atoms with van der Waals surface area (Å²) < 4.78 is 41.9. The van der Waals surface area contributed by atoms with E-state index >= 15 is 0 Å². The van der Waals surface area contributed by atoms with Crippen LogP contribution in [-0.2, 0) is 16.5 Å². The summed E-state index contributed by atoms with van der Waals surface area (Å²) in [5, 5.41) is 13.7. The van der Waals surface area contributed by atoms with Crippen LogP contribution in [0.25, 0.3) is 0 Å². The fraction of sp³-hybridized carbons (Fsp3) is 0.296. The lowest BCUT2D eigenvalue weighted by Gasteiger charge is -2.36. The number of anilines is 1. The normalized spacial score (nSPS) is 26.3. The molecule has 6 rings (SSSR count). The molecule has 2 fully saturated rings. The van der Waals surface area contributed by atoms with Crippen LogP contribution in [0.5, 0.6) is 0 Å². The Morgan fingerprint density at radius 3 is 2.53 bits per heavy atom. The molecule has 2 aromatic carbocycles. The maximum atomic E-state index is 14.2. The van der Waals surface area contributed by atoms with E-state index in [1.165, 1.54) is 36.5 Å². The van der Waals surface area contributed by atoms with Crippen molar-refractivity contribution >= 4 is 23.1 Å². The van der Waals surface area contributed by atoms with Crippen LogP contribution in [0.4, 0.5) is 24.5 Å². The average Bonchev–Trinajstić information content (AvgIpc) is 3.56. The van der Waals surface area contributed by atoms with Crippen molar-refractivity contribution in [1.29, 1.82) is 0 Å². The number of carbonyl (C=O) groups is 2. The van der Waals surface area contributed by atoms with Crippen molar-refractivity contribution in [3.05, 3.63) is 99.4 Å². The van der Waals surface area contributed by atoms with Gasteiger partial charge in [0.25, 0.3) is 5.69 Å². The summed E-state index contributed by atoms with van der Waals surface area (Å²) in [5.74, 6) is -2.88. The Hall–Kier alpha value is -4.12. The molecule has 3 aromatic rings. The number of aromatic nitrogens is 1. The van der Waals surface area contributed by atoms with E-state index in [0.717, 1.165) is 6.07 Å². The number of para-hydroxylation sites is 1. The summed E-state index contributed by atoms with van der Waals surface area (Å²) in [7, 11) is 0. The fourth-order valence-electron chi connectivity index (χ4n) is 6.68. The standard InChI is InChI=1S/C27H21F3N4O4/c28-27(29,30)18-6-3-5-17-23(18)32-25(36)26(17)22(24(35)19-7-1-2-13-31-19)21(20-8-4-14-33(20)26)15-9-11-16(12-10-15)34(37)38/h1-3,5-7,9-13,20-22H,4,8,14H2,(H,32,36)/t20?,21?,22?,26-/m1/s1. The van der Waals surface area contributed by atoms with E-state index in [2.05, 4.69) is 10.3 Å². The summed E-state index contributed by atoms with van der Waals surface area (Å²) in [6, 6.07) is 13.9. The number of ketones is 1. The first-order valence-corrected chi connectivity index (χ1v) is 12.1. The molecule has 1 N–H and O–H groups in total. The predicted molar refractivity (Wildman–Crippen MR) is 129 cm³/mol. The minimum atomic E-state index is -4.72. The first-order chi connectivity index (χ1) is 18.2. The molecule has 0 saturated carbocycles. The van der Waals surface area contributed by atoms with Crippen LogP contribution in [0.1, 0.15) is 45.9 Å². The third-order valence-electron chi connectivity index (χ3n) is 8.03. The van der Waals surface area contributed by atoms with Gasteiger partial charge in [0.05, 0.1) is 22.1 Å². The van der Waals surface area contributed by atoms with Crippen LogP contribution < -0.4 is 5.32 Å². The Morgan fingerprint density at radius 2 is 1.87 bits per heavy atom. The van der Waals surface area contributed by atoms with Crippen molar-refractivity contribution < 1.29 is 27.7 Å². The number of halogens is 3. The molecule has 1 amide bonds. The number of hydrogen-bond donors (Lipinski definition) is 1. The lowest BCUT2D eigenvalue weighted by Crippen LogP contribution is -2.53. The van der Waals surface area contributed by atoms with Crippen LogP contribution in [-0.4, -0.2) is 39.1 Å². The molecule has 1 aromatic heterocycles. The number of nitrogens with one attached hydrogen (secondary N) is 1. The van der Waals surface area contributed by atoms with Gasteiger partial charge < -0.3 is 5.32 Å². The average molecular weight is 522 g/mol. The van der Waals surface area contributed by atoms with Crippen LogP contribution in [0.15, 0.2) is 66.9 Å². The Kier molecular flexibility index (Phi) is 5.39. The number of Topliss-reactive ketones (excluding diaryl/α,β-unsaturated/α-hetero) is 1. The quantitative estimate of drug-likeness (QED) is 0.296. The van der Waals surface area contributed by atoms with Gasteiger partial charge in [0.1, 0.15) is 11.2 Å². The Balaban J connectivity index is 1.61. The number of rotatable bonds is 4. The second-order valence-electron chi connectivity index (χ2n) is 9.78. The molecule has 4 atom stereocenters. The number of nitrogens with zero attached hydrogens (tertiary/aromatic N) is 3. The number of hydrogen-bond acceptors (Lipinski definition) is 6. The topological polar surface area (TPSA) is 105 Å². The number of nitro benzene ring substituents is 1. The molecule has 0 aliphatic carbocycles. The van der Waals surface area contributed by atoms with Crippen molar-refractivity contribution in [3.8, 4) is 0 Å². The van der Waals surface area contributed by atoms with Crippen LogP contribution >= 0.6 is 0 Å². The molecule has 8 nitrogen and oxygen atoms in total. The van der Waals surface area contributed by atoms with Gasteiger partial charge in [0, 0.05) is 35.9 Å². The fourth-order valence-corrected chi connectivity index (χ4v) is 6.68. The lowest BCUT2D eigenvalue weighted by molar-refractivity contribution is -0.384. The van der Waals surface area contributed by atoms with Crippen molar-refractivity contribution in [2.45, 2.75) is 36.5 Å². The smallest absolute Gasteiger partial charge is 0.323 e. The van der Waals surface area contributed by atoms with E-state index in [9.17, 15) is 32.9 Å². The lowest BCUT2D eigenvalue weighted by atomic mass is 9.69. The van der Waals surface area contributed by atoms with Gasteiger partial charge >= 0.3 is 6.18 Å². The molecule has 2 saturated heterocycles. The van der Waals surface area contributed by atoms with Gasteiger partial charge in [0.15, 0.2) is 5.78 Å². The van der Waals surface area contributed by atoms with E-state index in [4.69, 9.17) is 0 Å². The molecule has 11 heteroatoms. The summed E-state index contributed by atoms with van der Waals surface area (Å²) in [4.78, 5) is 45.0. The Morgan fingerprint density at radius 1 is 1.11 bits per heavy atom. The van der Waals surface area contributed by atoms with Gasteiger partial charge in [-0.1, -0.05) is 30.3 Å². The molecule has 0 bridgehead atoms. The number of benzene rings is 2. The summed E-state index contributed by atoms with van der Waals surface area (Å²) in [6.45, 7) is 0.406. The number of alkyl halides is 3. The zero-order valence-electron chi connectivity index (χ0n) is 19.8. The number of amides is 1. The maximum absolute atomic E-state index is 14.2. The Bertz CT molecular complexity index is 1460. The zero-order valence-corrected chi connectivity index (χ0v) is 19.8. The summed E-state index contributed by atoms with van der Waals surface area (Å²) in [6.07, 6.45) is -1.98. The van der Waals surface area contributed by atoms with E-state index < -0.39 is 45.7 Å². The highest BCUT2D eigenvalue weighted by molar-refractivity contribution is 6.12. The number of carbonyl (C=O) groups excluding carboxylic acids is 2. The molecule has 0 radical (unpaired) electrons. The zero-order chi connectivity index (χ0) is 26.8. The second kappa shape index (κ2) is 8.45. The SMILES string of the molecule is O=C(c1ccccn1)C1C(c2ccc([N+](=O)[O-])cc2)C2CCCN2[C@@]12C(=O)Nc1c(C(F)(F)F)cccc12. The first-order valence-electron chi connectivity index (χ1n) is 12.1. The first kappa shape index (κ1) is 24.2. The van der Waals surface area contributed by atoms with Crippen molar-refractivity contribution in [2.24, 2.45) is 5.92 Å². The predicted octanol–water partition coefficient (Wildman–Crippen LogP) is 4.92. The third kappa shape index (κ3) is 3.31. The molecule has 3 aliphatic rings. The van der Waals surface area contributed by atoms with E-state index in [1.54, 1.807) is 24.3 Å². The van der Waals surface area contributed by atoms with Gasteiger partial charge in [-0.3, -0.25) is 29.6 Å². The minimum absolute atomic E-state index is 0.0955. The van der Waals surface area contributed by atoms with Gasteiger partial charge in [0.2, 0.25) is 5.91 Å². The number of nitro groups is 1. The van der Waals surface area contributed by atoms with Gasteiger partial charge in [-0.2, -0.15) is 13.2 Å². The molecule has 3 unspecified atom stereocenters. The molecular weight excluding hydrogens is 501 g/mol. The third-order valence-corrected chi connectivity index (χ3v) is 8.03. The van der Waals surface area contributed by atoms with Gasteiger partial charge in [-0.05, 0) is 43.1 Å². The van der Waals surface area contributed by atoms with Crippen LogP contribution in [0, 0.1) is 16.0 Å². The van der Waals surface area contributed by atoms with Crippen LogP contribution in [0.3, 0.4) is 0 Å². The second-order valence-corrected chi connectivity index (χ2v) is 9.78. The van der Waals surface area contributed by atoms with E-state index in [0.29, 0.717) is 24.9 Å². The molecule has 194 valence electrons. The molecule has 38 heavy (non-hydrogen) atoms. The highest BCUT2D eigenvalue weighted by atomic mass is 19.4. The Labute approximate surface area is 214 Å². The number of fused-ring (bicyclic) bond motifs is 4. The van der Waals surface area contributed by atoms with Crippen molar-refractivity contribution in [2.75, 3.05) is 11.9 Å².